The molecule has 1 heteroatoms. The molecule has 0 radical (unpaired) electrons. The maximum Gasteiger partial charge on any atom is 2.00 e. The second kappa shape index (κ2) is 4.08. The Morgan fingerprint density at radius 3 is 2.73 bits per heavy atom. The maximum atomic E-state index is 4.19. The number of fused-ring (bicyclic) bond motifs is 1. The van der Waals surface area contributed by atoms with Crippen LogP contribution >= 0.6 is 0 Å². The van der Waals surface area contributed by atoms with Crippen LogP contribution in [0.15, 0.2) is 0 Å². The summed E-state index contributed by atoms with van der Waals surface area (Å²) >= 11 is 0. The van der Waals surface area contributed by atoms with Crippen LogP contribution in [0.4, 0.5) is 0 Å². The second-order valence-electron chi connectivity index (χ2n) is 3.84. The molecule has 2 rings (SSSR count). The summed E-state index contributed by atoms with van der Waals surface area (Å²) in [5.74, 6) is 2.68. The van der Waals surface area contributed by atoms with Crippen molar-refractivity contribution >= 4 is 0 Å². The Kier molecular flexibility index (Phi) is 3.62. The van der Waals surface area contributed by atoms with E-state index in [1.807, 2.05) is 0 Å². The molecule has 2 aliphatic rings. The van der Waals surface area contributed by atoms with Gasteiger partial charge in [-0.2, -0.15) is 18.3 Å². The summed E-state index contributed by atoms with van der Waals surface area (Å²) in [6.07, 6.45) is 9.63. The molecule has 0 aromatic rings. The van der Waals surface area contributed by atoms with Gasteiger partial charge in [-0.15, -0.1) is 0 Å². The van der Waals surface area contributed by atoms with Crippen molar-refractivity contribution in [3.05, 3.63) is 13.3 Å². The Labute approximate surface area is 84.4 Å². The van der Waals surface area contributed by atoms with E-state index in [1.54, 1.807) is 0 Å². The molecule has 0 aromatic heterocycles. The van der Waals surface area contributed by atoms with E-state index >= 15 is 0 Å². The molecule has 0 aliphatic heterocycles. The van der Waals surface area contributed by atoms with Crippen LogP contribution in [0, 0.1) is 31.1 Å². The number of hydrogen-bond acceptors (Lipinski definition) is 0. The van der Waals surface area contributed by atoms with Crippen LogP contribution < -0.4 is 0 Å². The van der Waals surface area contributed by atoms with Gasteiger partial charge in [0.1, 0.15) is 0 Å². The van der Waals surface area contributed by atoms with Crippen LogP contribution in [0.25, 0.3) is 0 Å². The Morgan fingerprint density at radius 1 is 1.18 bits per heavy atom. The number of rotatable bonds is 0. The monoisotopic (exact) mass is 320 g/mol. The molecule has 0 bridgehead atoms. The van der Waals surface area contributed by atoms with Gasteiger partial charge in [0.25, 0.3) is 0 Å². The summed E-state index contributed by atoms with van der Waals surface area (Å²) < 4.78 is 0. The molecule has 0 amide bonds. The van der Waals surface area contributed by atoms with Crippen molar-refractivity contribution in [2.75, 3.05) is 0 Å². The van der Waals surface area contributed by atoms with E-state index in [2.05, 4.69) is 13.3 Å². The van der Waals surface area contributed by atoms with E-state index in [0.29, 0.717) is 0 Å². The Morgan fingerprint density at radius 2 is 2.00 bits per heavy atom. The molecule has 0 nitrogen and oxygen atoms in total. The van der Waals surface area contributed by atoms with Gasteiger partial charge in [-0.1, -0.05) is 31.6 Å². The third-order valence-electron chi connectivity index (χ3n) is 3.21. The van der Waals surface area contributed by atoms with E-state index in [-0.39, 0.29) is 21.1 Å². The van der Waals surface area contributed by atoms with Crippen LogP contribution in [0.2, 0.25) is 0 Å². The minimum atomic E-state index is 0. The Hall–Kier alpha value is 0.688. The zero-order valence-electron chi connectivity index (χ0n) is 6.96. The molecular weight excluding hydrogens is 304 g/mol. The van der Waals surface area contributed by atoms with Crippen molar-refractivity contribution in [2.24, 2.45) is 17.8 Å². The molecule has 2 saturated carbocycles. The average molecular weight is 320 g/mol. The van der Waals surface area contributed by atoms with Crippen molar-refractivity contribution in [2.45, 2.75) is 32.1 Å². The quantitative estimate of drug-likeness (QED) is 0.602. The summed E-state index contributed by atoms with van der Waals surface area (Å²) in [5.41, 5.74) is 0. The molecule has 0 aromatic carbocycles. The van der Waals surface area contributed by atoms with E-state index in [4.69, 9.17) is 0 Å². The first-order valence-electron chi connectivity index (χ1n) is 4.54. The van der Waals surface area contributed by atoms with Gasteiger partial charge in [-0.25, -0.2) is 0 Å². The molecule has 2 aliphatic carbocycles. The van der Waals surface area contributed by atoms with Gasteiger partial charge in [-0.05, 0) is 0 Å². The fourth-order valence-electron chi connectivity index (χ4n) is 2.61. The van der Waals surface area contributed by atoms with Crippen molar-refractivity contribution in [3.63, 3.8) is 0 Å². The van der Waals surface area contributed by atoms with Crippen LogP contribution in [-0.4, -0.2) is 0 Å². The maximum absolute atomic E-state index is 4.19. The number of hydrogen-bond donors (Lipinski definition) is 0. The van der Waals surface area contributed by atoms with Crippen LogP contribution in [0.3, 0.4) is 0 Å². The summed E-state index contributed by atoms with van der Waals surface area (Å²) in [6.45, 7) is 4.19. The first-order valence-corrected chi connectivity index (χ1v) is 4.54. The molecule has 0 spiro atoms. The smallest absolute Gasteiger partial charge is 0.342 e. The van der Waals surface area contributed by atoms with Gasteiger partial charge in [0, 0.05) is 0 Å². The summed E-state index contributed by atoms with van der Waals surface area (Å²) in [4.78, 5) is 0. The fraction of sp³-hybridized carbons (Fsp3) is 0.800. The van der Waals surface area contributed by atoms with E-state index in [0.717, 1.165) is 17.8 Å². The minimum Gasteiger partial charge on any atom is -0.342 e. The molecule has 0 N–H and O–H groups in total. The zero-order chi connectivity index (χ0) is 6.97. The van der Waals surface area contributed by atoms with Crippen molar-refractivity contribution in [3.8, 4) is 0 Å². The minimum absolute atomic E-state index is 0. The van der Waals surface area contributed by atoms with Gasteiger partial charge >= 0.3 is 21.1 Å². The SMILES string of the molecule is [CH2-]C1CCC2CCC[CH-]C12.[W+2]. The molecule has 11 heavy (non-hydrogen) atoms. The van der Waals surface area contributed by atoms with E-state index in [1.165, 1.54) is 32.1 Å². The second-order valence-corrected chi connectivity index (χ2v) is 3.84. The largest absolute Gasteiger partial charge is 2.00 e. The van der Waals surface area contributed by atoms with Gasteiger partial charge in [0.2, 0.25) is 0 Å². The molecule has 3 unspecified atom stereocenters. The molecular formula is C10H16W. The molecule has 2 fully saturated rings. The molecule has 3 atom stereocenters. The Bertz CT molecular complexity index is 120. The first-order chi connectivity index (χ1) is 4.88. The van der Waals surface area contributed by atoms with Gasteiger partial charge in [0.05, 0.1) is 0 Å². The van der Waals surface area contributed by atoms with Gasteiger partial charge in [-0.3, -0.25) is 0 Å². The molecule has 62 valence electrons. The fourth-order valence-corrected chi connectivity index (χ4v) is 2.61. The van der Waals surface area contributed by atoms with E-state index in [9.17, 15) is 0 Å². The van der Waals surface area contributed by atoms with Crippen LogP contribution in [0.1, 0.15) is 32.1 Å². The van der Waals surface area contributed by atoms with Gasteiger partial charge in [0.15, 0.2) is 0 Å². The van der Waals surface area contributed by atoms with Crippen LogP contribution in [0.5, 0.6) is 0 Å². The molecule has 0 heterocycles. The zero-order valence-corrected chi connectivity index (χ0v) is 9.89. The summed E-state index contributed by atoms with van der Waals surface area (Å²) in [6, 6.07) is 0. The van der Waals surface area contributed by atoms with Gasteiger partial charge < -0.3 is 13.3 Å². The third-order valence-corrected chi connectivity index (χ3v) is 3.21. The van der Waals surface area contributed by atoms with E-state index < -0.39 is 0 Å². The topological polar surface area (TPSA) is 0 Å². The van der Waals surface area contributed by atoms with Crippen molar-refractivity contribution < 1.29 is 21.1 Å². The predicted octanol–water partition coefficient (Wildman–Crippen LogP) is 2.85. The summed E-state index contributed by atoms with van der Waals surface area (Å²) in [7, 11) is 0. The normalized spacial score (nSPS) is 42.8. The predicted molar refractivity (Wildman–Crippen MR) is 43.2 cm³/mol. The third kappa shape index (κ3) is 1.89. The first kappa shape index (κ1) is 9.77. The summed E-state index contributed by atoms with van der Waals surface area (Å²) in [5, 5.41) is 0. The Balaban J connectivity index is 0.000000605. The average Bonchev–Trinajstić information content (AvgIpc) is 2.34. The van der Waals surface area contributed by atoms with Crippen LogP contribution in [-0.2, 0) is 21.1 Å². The van der Waals surface area contributed by atoms with Crippen molar-refractivity contribution in [1.82, 2.24) is 0 Å². The standard InChI is InChI=1S/C10H16.W/c1-8-6-7-9-4-2-3-5-10(8)9;/h5,8-10H,1-4,6-7H2;/q-2;+2. The van der Waals surface area contributed by atoms with Crippen molar-refractivity contribution in [1.29, 1.82) is 0 Å². The molecule has 0 saturated heterocycles.